The summed E-state index contributed by atoms with van der Waals surface area (Å²) in [5, 5.41) is 4.06. The van der Waals surface area contributed by atoms with Crippen molar-refractivity contribution < 1.29 is 8.42 Å². The Bertz CT molecular complexity index is 714. The van der Waals surface area contributed by atoms with E-state index in [-0.39, 0.29) is 4.90 Å². The minimum atomic E-state index is -3.55. The summed E-state index contributed by atoms with van der Waals surface area (Å²) in [6.07, 6.45) is 4.19. The van der Waals surface area contributed by atoms with Gasteiger partial charge in [0, 0.05) is 35.6 Å². The van der Waals surface area contributed by atoms with Crippen LogP contribution >= 0.6 is 15.9 Å². The first-order valence-electron chi connectivity index (χ1n) is 6.43. The maximum Gasteiger partial charge on any atom is 0.240 e. The summed E-state index contributed by atoms with van der Waals surface area (Å²) in [5.74, 6) is 0. The summed E-state index contributed by atoms with van der Waals surface area (Å²) in [7, 11) is -3.55. The third-order valence-corrected chi connectivity index (χ3v) is 5.29. The van der Waals surface area contributed by atoms with Crippen LogP contribution in [0.1, 0.15) is 12.0 Å². The van der Waals surface area contributed by atoms with Gasteiger partial charge in [-0.3, -0.25) is 4.68 Å². The van der Waals surface area contributed by atoms with Crippen molar-refractivity contribution in [2.45, 2.75) is 24.8 Å². The zero-order chi connectivity index (χ0) is 15.5. The van der Waals surface area contributed by atoms with Gasteiger partial charge in [0.25, 0.3) is 0 Å². The van der Waals surface area contributed by atoms with Crippen LogP contribution in [0.3, 0.4) is 0 Å². The summed E-state index contributed by atoms with van der Waals surface area (Å²) >= 11 is 3.28. The van der Waals surface area contributed by atoms with Crippen LogP contribution in [-0.4, -0.2) is 24.7 Å². The number of benzene rings is 1. The predicted octanol–water partition coefficient (Wildman–Crippen LogP) is 1.90. The number of hydrogen-bond acceptors (Lipinski definition) is 4. The van der Waals surface area contributed by atoms with Crippen molar-refractivity contribution in [3.63, 3.8) is 0 Å². The molecule has 0 radical (unpaired) electrons. The van der Waals surface area contributed by atoms with Crippen LogP contribution in [0.4, 0.5) is 5.69 Å². The van der Waals surface area contributed by atoms with E-state index in [9.17, 15) is 8.42 Å². The number of aryl methyl sites for hydroxylation is 2. The highest BCUT2D eigenvalue weighted by molar-refractivity contribution is 9.10. The molecule has 0 saturated carbocycles. The van der Waals surface area contributed by atoms with Crippen LogP contribution in [-0.2, 0) is 16.6 Å². The second kappa shape index (κ2) is 6.59. The Balaban J connectivity index is 2.00. The average Bonchev–Trinajstić information content (AvgIpc) is 2.92. The normalized spacial score (nSPS) is 11.7. The summed E-state index contributed by atoms with van der Waals surface area (Å²) in [4.78, 5) is 0.210. The number of halogens is 1. The Kier molecular flexibility index (Phi) is 5.02. The summed E-state index contributed by atoms with van der Waals surface area (Å²) in [5.41, 5.74) is 6.80. The van der Waals surface area contributed by atoms with E-state index >= 15 is 0 Å². The first-order valence-corrected chi connectivity index (χ1v) is 8.70. The van der Waals surface area contributed by atoms with Crippen molar-refractivity contribution in [1.82, 2.24) is 14.5 Å². The third-order valence-electron chi connectivity index (χ3n) is 3.00. The van der Waals surface area contributed by atoms with Crippen LogP contribution in [0.2, 0.25) is 0 Å². The molecule has 0 fully saturated rings. The number of sulfonamides is 1. The highest BCUT2D eigenvalue weighted by Gasteiger charge is 2.17. The van der Waals surface area contributed by atoms with Crippen LogP contribution < -0.4 is 10.5 Å². The SMILES string of the molecule is Cc1cc(Br)c(N)cc1S(=O)(=O)NCCCn1cccn1. The molecule has 21 heavy (non-hydrogen) atoms. The van der Waals surface area contributed by atoms with Crippen molar-refractivity contribution in [2.24, 2.45) is 0 Å². The first-order chi connectivity index (χ1) is 9.90. The van der Waals surface area contributed by atoms with Crippen LogP contribution in [0, 0.1) is 6.92 Å². The van der Waals surface area contributed by atoms with Crippen LogP contribution in [0.5, 0.6) is 0 Å². The van der Waals surface area contributed by atoms with E-state index in [4.69, 9.17) is 5.73 Å². The second-order valence-corrected chi connectivity index (χ2v) is 7.25. The zero-order valence-electron chi connectivity index (χ0n) is 11.6. The Morgan fingerprint density at radius 3 is 2.86 bits per heavy atom. The third kappa shape index (κ3) is 4.05. The number of nitrogens with one attached hydrogen (secondary N) is 1. The quantitative estimate of drug-likeness (QED) is 0.598. The molecule has 1 aromatic heterocycles. The fourth-order valence-corrected chi connectivity index (χ4v) is 3.71. The zero-order valence-corrected chi connectivity index (χ0v) is 14.0. The van der Waals surface area contributed by atoms with Crippen molar-refractivity contribution in [3.05, 3.63) is 40.6 Å². The molecule has 2 rings (SSSR count). The minimum absolute atomic E-state index is 0.210. The molecule has 2 aromatic rings. The standard InChI is InChI=1S/C13H17BrN4O2S/c1-10-8-11(14)12(15)9-13(10)21(19,20)17-5-3-7-18-6-2-4-16-18/h2,4,6,8-9,17H,3,5,7,15H2,1H3. The minimum Gasteiger partial charge on any atom is -0.398 e. The monoisotopic (exact) mass is 372 g/mol. The number of nitrogens with two attached hydrogens (primary N) is 1. The van der Waals surface area contributed by atoms with E-state index in [1.807, 2.05) is 12.3 Å². The van der Waals surface area contributed by atoms with E-state index in [1.54, 1.807) is 23.9 Å². The molecule has 0 amide bonds. The molecule has 0 unspecified atom stereocenters. The van der Waals surface area contributed by atoms with Gasteiger partial charge >= 0.3 is 0 Å². The van der Waals surface area contributed by atoms with E-state index in [0.29, 0.717) is 35.2 Å². The number of nitrogens with zero attached hydrogens (tertiary/aromatic N) is 2. The van der Waals surface area contributed by atoms with Gasteiger partial charge in [0.1, 0.15) is 0 Å². The maximum absolute atomic E-state index is 12.3. The molecule has 1 heterocycles. The smallest absolute Gasteiger partial charge is 0.240 e. The van der Waals surface area contributed by atoms with Gasteiger partial charge < -0.3 is 5.73 Å². The Labute approximate surface area is 132 Å². The molecule has 114 valence electrons. The van der Waals surface area contributed by atoms with E-state index in [1.165, 1.54) is 6.07 Å². The summed E-state index contributed by atoms with van der Waals surface area (Å²) in [6, 6.07) is 5.00. The largest absolute Gasteiger partial charge is 0.398 e. The van der Waals surface area contributed by atoms with Gasteiger partial charge in [-0.05, 0) is 53.0 Å². The molecule has 0 atom stereocenters. The van der Waals surface area contributed by atoms with E-state index in [0.717, 1.165) is 0 Å². The van der Waals surface area contributed by atoms with Crippen molar-refractivity contribution in [2.75, 3.05) is 12.3 Å². The number of rotatable bonds is 6. The van der Waals surface area contributed by atoms with Gasteiger partial charge in [0.05, 0.1) is 4.90 Å². The average molecular weight is 373 g/mol. The Hall–Kier alpha value is -1.38. The topological polar surface area (TPSA) is 90.0 Å². The molecule has 0 bridgehead atoms. The summed E-state index contributed by atoms with van der Waals surface area (Å²) in [6.45, 7) is 2.75. The van der Waals surface area contributed by atoms with Crippen LogP contribution in [0.15, 0.2) is 40.0 Å². The molecule has 6 nitrogen and oxygen atoms in total. The maximum atomic E-state index is 12.3. The number of hydrogen-bond donors (Lipinski definition) is 2. The summed E-state index contributed by atoms with van der Waals surface area (Å²) < 4.78 is 29.6. The van der Waals surface area contributed by atoms with Gasteiger partial charge in [-0.25, -0.2) is 13.1 Å². The molecule has 0 saturated heterocycles. The molecule has 0 aliphatic heterocycles. The fraction of sp³-hybridized carbons (Fsp3) is 0.308. The predicted molar refractivity (Wildman–Crippen MR) is 85.3 cm³/mol. The lowest BCUT2D eigenvalue weighted by molar-refractivity contribution is 0.552. The highest BCUT2D eigenvalue weighted by atomic mass is 79.9. The van der Waals surface area contributed by atoms with Crippen molar-refractivity contribution in [3.8, 4) is 0 Å². The van der Waals surface area contributed by atoms with E-state index < -0.39 is 10.0 Å². The van der Waals surface area contributed by atoms with Crippen LogP contribution in [0.25, 0.3) is 0 Å². The number of aromatic nitrogens is 2. The lowest BCUT2D eigenvalue weighted by atomic mass is 10.2. The van der Waals surface area contributed by atoms with Gasteiger partial charge in [0.15, 0.2) is 0 Å². The number of nitrogen functional groups attached to an aromatic ring is 1. The molecular formula is C13H17BrN4O2S. The number of anilines is 1. The lowest BCUT2D eigenvalue weighted by Crippen LogP contribution is -2.26. The molecular weight excluding hydrogens is 356 g/mol. The fourth-order valence-electron chi connectivity index (χ4n) is 1.92. The first kappa shape index (κ1) is 16.0. The Morgan fingerprint density at radius 2 is 2.19 bits per heavy atom. The molecule has 8 heteroatoms. The Morgan fingerprint density at radius 1 is 1.43 bits per heavy atom. The van der Waals surface area contributed by atoms with Gasteiger partial charge in [-0.15, -0.1) is 0 Å². The molecule has 1 aromatic carbocycles. The highest BCUT2D eigenvalue weighted by Crippen LogP contribution is 2.26. The van der Waals surface area contributed by atoms with Crippen molar-refractivity contribution >= 4 is 31.6 Å². The van der Waals surface area contributed by atoms with Crippen molar-refractivity contribution in [1.29, 1.82) is 0 Å². The van der Waals surface area contributed by atoms with Gasteiger partial charge in [-0.1, -0.05) is 0 Å². The molecule has 0 aliphatic carbocycles. The van der Waals surface area contributed by atoms with E-state index in [2.05, 4.69) is 25.8 Å². The molecule has 0 aliphatic rings. The molecule has 3 N–H and O–H groups in total. The van der Waals surface area contributed by atoms with Gasteiger partial charge in [-0.2, -0.15) is 5.10 Å². The molecule has 0 spiro atoms. The lowest BCUT2D eigenvalue weighted by Gasteiger charge is -2.11. The second-order valence-electron chi connectivity index (χ2n) is 4.66. The van der Waals surface area contributed by atoms with Gasteiger partial charge in [0.2, 0.25) is 10.0 Å².